The summed E-state index contributed by atoms with van der Waals surface area (Å²) in [6.45, 7) is 0. The molecule has 1 aromatic heterocycles. The maximum atomic E-state index is 5.41. The normalized spacial score (nSPS) is 10.1. The Bertz CT molecular complexity index is 876. The van der Waals surface area contributed by atoms with Crippen LogP contribution in [0.5, 0.6) is 23.0 Å². The van der Waals surface area contributed by atoms with Crippen molar-refractivity contribution in [1.29, 1.82) is 0 Å². The summed E-state index contributed by atoms with van der Waals surface area (Å²) < 4.78 is 21.2. The van der Waals surface area contributed by atoms with E-state index in [1.165, 1.54) is 0 Å². The van der Waals surface area contributed by atoms with Gasteiger partial charge >= 0.3 is 0 Å². The lowest BCUT2D eigenvalue weighted by Crippen LogP contribution is -2.02. The molecule has 0 aliphatic carbocycles. The van der Waals surface area contributed by atoms with E-state index in [0.717, 1.165) is 11.4 Å². The van der Waals surface area contributed by atoms with Gasteiger partial charge in [-0.1, -0.05) is 0 Å². The average molecular weight is 382 g/mol. The minimum absolute atomic E-state index is 0.418. The molecule has 0 radical (unpaired) electrons. The highest BCUT2D eigenvalue weighted by Crippen LogP contribution is 2.32. The van der Waals surface area contributed by atoms with Crippen molar-refractivity contribution >= 4 is 23.1 Å². The lowest BCUT2D eigenvalue weighted by molar-refractivity contribution is 0.395. The van der Waals surface area contributed by atoms with Crippen molar-refractivity contribution in [3.8, 4) is 23.0 Å². The standard InChI is InChI=1S/C20H22N4O4/c1-25-13-5-7-15(17(11-13)27-3)22-19-9-10-21-20(24-19)23-16-8-6-14(26-2)12-18(16)28-4/h5-12H,1-4H3,(H2,21,22,23,24). The van der Waals surface area contributed by atoms with E-state index < -0.39 is 0 Å². The Morgan fingerprint density at radius 1 is 0.679 bits per heavy atom. The quantitative estimate of drug-likeness (QED) is 0.605. The van der Waals surface area contributed by atoms with Crippen LogP contribution in [0.1, 0.15) is 0 Å². The topological polar surface area (TPSA) is 86.8 Å². The smallest absolute Gasteiger partial charge is 0.229 e. The molecule has 0 bridgehead atoms. The van der Waals surface area contributed by atoms with Crippen LogP contribution < -0.4 is 29.6 Å². The summed E-state index contributed by atoms with van der Waals surface area (Å²) in [5.74, 6) is 3.70. The van der Waals surface area contributed by atoms with Gasteiger partial charge in [-0.25, -0.2) is 4.98 Å². The molecule has 8 heteroatoms. The van der Waals surface area contributed by atoms with Gasteiger partial charge in [0.25, 0.3) is 0 Å². The van der Waals surface area contributed by atoms with Gasteiger partial charge in [-0.2, -0.15) is 4.98 Å². The van der Waals surface area contributed by atoms with Gasteiger partial charge in [0, 0.05) is 18.3 Å². The Hall–Kier alpha value is -3.68. The van der Waals surface area contributed by atoms with Crippen LogP contribution >= 0.6 is 0 Å². The third-order valence-electron chi connectivity index (χ3n) is 3.98. The van der Waals surface area contributed by atoms with Crippen LogP contribution in [-0.4, -0.2) is 38.4 Å². The number of hydrogen-bond donors (Lipinski definition) is 2. The molecule has 0 atom stereocenters. The van der Waals surface area contributed by atoms with Crippen molar-refractivity contribution in [3.63, 3.8) is 0 Å². The summed E-state index contributed by atoms with van der Waals surface area (Å²) >= 11 is 0. The highest BCUT2D eigenvalue weighted by molar-refractivity contribution is 5.68. The molecule has 2 N–H and O–H groups in total. The fourth-order valence-electron chi connectivity index (χ4n) is 2.55. The van der Waals surface area contributed by atoms with Crippen molar-refractivity contribution in [3.05, 3.63) is 48.7 Å². The van der Waals surface area contributed by atoms with E-state index in [-0.39, 0.29) is 0 Å². The maximum absolute atomic E-state index is 5.41. The average Bonchev–Trinajstić information content (AvgIpc) is 2.74. The van der Waals surface area contributed by atoms with Gasteiger partial charge in [0.1, 0.15) is 28.8 Å². The number of aromatic nitrogens is 2. The van der Waals surface area contributed by atoms with Gasteiger partial charge in [-0.15, -0.1) is 0 Å². The Morgan fingerprint density at radius 2 is 1.25 bits per heavy atom. The molecule has 3 aromatic rings. The Labute approximate surface area is 163 Å². The molecule has 0 fully saturated rings. The summed E-state index contributed by atoms with van der Waals surface area (Å²) in [5.41, 5.74) is 1.48. The first-order valence-corrected chi connectivity index (χ1v) is 8.48. The summed E-state index contributed by atoms with van der Waals surface area (Å²) in [4.78, 5) is 8.76. The Morgan fingerprint density at radius 3 is 1.79 bits per heavy atom. The Kier molecular flexibility index (Phi) is 6.01. The molecule has 146 valence electrons. The van der Waals surface area contributed by atoms with Gasteiger partial charge in [0.15, 0.2) is 0 Å². The van der Waals surface area contributed by atoms with E-state index >= 15 is 0 Å². The van der Waals surface area contributed by atoms with E-state index in [9.17, 15) is 0 Å². The van der Waals surface area contributed by atoms with Crippen LogP contribution in [-0.2, 0) is 0 Å². The van der Waals surface area contributed by atoms with Gasteiger partial charge < -0.3 is 29.6 Å². The molecule has 0 saturated heterocycles. The second-order valence-electron chi connectivity index (χ2n) is 5.65. The van der Waals surface area contributed by atoms with Crippen LogP contribution in [0.25, 0.3) is 0 Å². The molecule has 1 heterocycles. The molecule has 0 aliphatic rings. The molecule has 0 unspecified atom stereocenters. The largest absolute Gasteiger partial charge is 0.497 e. The van der Waals surface area contributed by atoms with Crippen molar-refractivity contribution in [1.82, 2.24) is 9.97 Å². The predicted octanol–water partition coefficient (Wildman–Crippen LogP) is 4.00. The minimum atomic E-state index is 0.418. The summed E-state index contributed by atoms with van der Waals surface area (Å²) in [6.07, 6.45) is 1.66. The first-order valence-electron chi connectivity index (χ1n) is 8.48. The van der Waals surface area contributed by atoms with E-state index in [1.54, 1.807) is 52.8 Å². The van der Waals surface area contributed by atoms with E-state index in [4.69, 9.17) is 18.9 Å². The van der Waals surface area contributed by atoms with Crippen LogP contribution in [0.4, 0.5) is 23.1 Å². The summed E-state index contributed by atoms with van der Waals surface area (Å²) in [5, 5.41) is 6.38. The molecule has 2 aromatic carbocycles. The summed E-state index contributed by atoms with van der Waals surface area (Å²) in [6, 6.07) is 12.7. The molecule has 8 nitrogen and oxygen atoms in total. The first kappa shape index (κ1) is 19.1. The van der Waals surface area contributed by atoms with E-state index in [2.05, 4.69) is 20.6 Å². The highest BCUT2D eigenvalue weighted by Gasteiger charge is 2.09. The molecule has 0 spiro atoms. The number of methoxy groups -OCH3 is 4. The van der Waals surface area contributed by atoms with Gasteiger partial charge in [0.2, 0.25) is 5.95 Å². The second-order valence-corrected chi connectivity index (χ2v) is 5.65. The first-order chi connectivity index (χ1) is 13.7. The van der Waals surface area contributed by atoms with Crippen LogP contribution in [0, 0.1) is 0 Å². The molecule has 0 amide bonds. The SMILES string of the molecule is COc1ccc(Nc2ccnc(Nc3ccc(OC)cc3OC)n2)c(OC)c1. The van der Waals surface area contributed by atoms with Crippen LogP contribution in [0.3, 0.4) is 0 Å². The van der Waals surface area contributed by atoms with E-state index in [1.807, 2.05) is 24.3 Å². The third-order valence-corrected chi connectivity index (χ3v) is 3.98. The lowest BCUT2D eigenvalue weighted by atomic mass is 10.2. The van der Waals surface area contributed by atoms with Crippen molar-refractivity contribution in [2.24, 2.45) is 0 Å². The van der Waals surface area contributed by atoms with Crippen molar-refractivity contribution in [2.45, 2.75) is 0 Å². The molecule has 3 rings (SSSR count). The maximum Gasteiger partial charge on any atom is 0.229 e. The van der Waals surface area contributed by atoms with Crippen molar-refractivity contribution < 1.29 is 18.9 Å². The highest BCUT2D eigenvalue weighted by atomic mass is 16.5. The zero-order valence-corrected chi connectivity index (χ0v) is 16.1. The number of benzene rings is 2. The fourth-order valence-corrected chi connectivity index (χ4v) is 2.55. The Balaban J connectivity index is 1.82. The second kappa shape index (κ2) is 8.81. The fraction of sp³-hybridized carbons (Fsp3) is 0.200. The molecule has 0 saturated carbocycles. The van der Waals surface area contributed by atoms with Gasteiger partial charge in [0.05, 0.1) is 39.8 Å². The number of nitrogens with one attached hydrogen (secondary N) is 2. The monoisotopic (exact) mass is 382 g/mol. The predicted molar refractivity (Wildman–Crippen MR) is 108 cm³/mol. The van der Waals surface area contributed by atoms with Crippen LogP contribution in [0.2, 0.25) is 0 Å². The molecular formula is C20H22N4O4. The number of ether oxygens (including phenoxy) is 4. The van der Waals surface area contributed by atoms with E-state index in [0.29, 0.717) is 34.8 Å². The number of nitrogens with zero attached hydrogens (tertiary/aromatic N) is 2. The van der Waals surface area contributed by atoms with Crippen molar-refractivity contribution in [2.75, 3.05) is 39.1 Å². The number of rotatable bonds is 8. The van der Waals surface area contributed by atoms with Gasteiger partial charge in [-0.3, -0.25) is 0 Å². The third kappa shape index (κ3) is 4.35. The number of hydrogen-bond acceptors (Lipinski definition) is 8. The van der Waals surface area contributed by atoms with Crippen LogP contribution in [0.15, 0.2) is 48.7 Å². The lowest BCUT2D eigenvalue weighted by Gasteiger charge is -2.14. The zero-order valence-electron chi connectivity index (χ0n) is 16.1. The minimum Gasteiger partial charge on any atom is -0.497 e. The molecular weight excluding hydrogens is 360 g/mol. The summed E-state index contributed by atoms with van der Waals surface area (Å²) in [7, 11) is 6.41. The van der Waals surface area contributed by atoms with Gasteiger partial charge in [-0.05, 0) is 30.3 Å². The molecule has 0 aliphatic heterocycles. The number of anilines is 4. The molecule has 28 heavy (non-hydrogen) atoms. The zero-order chi connectivity index (χ0) is 19.9.